The van der Waals surface area contributed by atoms with Crippen molar-refractivity contribution < 1.29 is 28.6 Å². The van der Waals surface area contributed by atoms with Gasteiger partial charge in [-0.15, -0.1) is 0 Å². The number of methoxy groups -OCH3 is 1. The van der Waals surface area contributed by atoms with E-state index in [1.165, 1.54) is 12.0 Å². The number of hydrogen-bond donors (Lipinski definition) is 0. The second kappa shape index (κ2) is 10.2. The van der Waals surface area contributed by atoms with Gasteiger partial charge < -0.3 is 14.2 Å². The third-order valence-corrected chi connectivity index (χ3v) is 5.38. The lowest BCUT2D eigenvalue weighted by molar-refractivity contribution is -0.142. The molecule has 8 heteroatoms. The maximum absolute atomic E-state index is 12.8. The molecule has 0 aliphatic carbocycles. The van der Waals surface area contributed by atoms with Crippen molar-refractivity contribution in [1.29, 1.82) is 0 Å². The topological polar surface area (TPSA) is 82.1 Å². The van der Waals surface area contributed by atoms with Crippen LogP contribution in [0.15, 0.2) is 47.4 Å². The van der Waals surface area contributed by atoms with Gasteiger partial charge in [0.2, 0.25) is 0 Å². The van der Waals surface area contributed by atoms with Crippen molar-refractivity contribution in [1.82, 2.24) is 4.90 Å². The number of carbonyl (C=O) groups excluding carboxylic acids is 3. The molecule has 0 bridgehead atoms. The van der Waals surface area contributed by atoms with Gasteiger partial charge in [0.25, 0.3) is 11.1 Å². The summed E-state index contributed by atoms with van der Waals surface area (Å²) in [5, 5.41) is -0.306. The summed E-state index contributed by atoms with van der Waals surface area (Å²) in [5.41, 5.74) is 2.68. The summed E-state index contributed by atoms with van der Waals surface area (Å²) in [4.78, 5) is 38.1. The second-order valence-electron chi connectivity index (χ2n) is 6.76. The zero-order valence-corrected chi connectivity index (χ0v) is 18.4. The lowest BCUT2D eigenvalue weighted by atomic mass is 10.1. The molecule has 31 heavy (non-hydrogen) atoms. The minimum absolute atomic E-state index is 0.229. The fourth-order valence-electron chi connectivity index (χ4n) is 2.86. The minimum atomic E-state index is -0.506. The van der Waals surface area contributed by atoms with Crippen LogP contribution in [0, 0.1) is 6.92 Å². The van der Waals surface area contributed by atoms with Crippen LogP contribution in [0.1, 0.15) is 23.6 Å². The largest absolute Gasteiger partial charge is 0.490 e. The summed E-state index contributed by atoms with van der Waals surface area (Å²) in [5.74, 6) is -0.0239. The van der Waals surface area contributed by atoms with E-state index < -0.39 is 5.97 Å². The fraction of sp³-hybridized carbons (Fsp3) is 0.261. The molecule has 0 atom stereocenters. The third-order valence-electron chi connectivity index (χ3n) is 4.47. The molecule has 1 saturated heterocycles. The molecule has 0 unspecified atom stereocenters. The first kappa shape index (κ1) is 22.4. The Kier molecular flexibility index (Phi) is 7.36. The average molecular weight is 442 g/mol. The van der Waals surface area contributed by atoms with Crippen molar-refractivity contribution in [3.8, 4) is 11.5 Å². The van der Waals surface area contributed by atoms with Gasteiger partial charge in [0.15, 0.2) is 18.1 Å². The number of nitrogens with zero attached hydrogens (tertiary/aromatic N) is 1. The SMILES string of the molecule is CCOc1cc(/C=C2\SC(=O)N(Cc3ccc(C)cc3)C2=O)ccc1OCC(=O)OC. The number of rotatable bonds is 8. The molecule has 0 spiro atoms. The first-order chi connectivity index (χ1) is 14.9. The van der Waals surface area contributed by atoms with Crippen molar-refractivity contribution in [3.63, 3.8) is 0 Å². The first-order valence-corrected chi connectivity index (χ1v) is 10.5. The molecule has 3 rings (SSSR count). The van der Waals surface area contributed by atoms with Gasteiger partial charge in [-0.05, 0) is 54.9 Å². The molecular weight excluding hydrogens is 418 g/mol. The Morgan fingerprint density at radius 2 is 1.81 bits per heavy atom. The maximum atomic E-state index is 12.8. The van der Waals surface area contributed by atoms with Gasteiger partial charge in [-0.2, -0.15) is 0 Å². The molecule has 2 amide bonds. The van der Waals surface area contributed by atoms with Gasteiger partial charge in [-0.25, -0.2) is 4.79 Å². The fourth-order valence-corrected chi connectivity index (χ4v) is 3.70. The Morgan fingerprint density at radius 3 is 2.48 bits per heavy atom. The molecule has 0 saturated carbocycles. The van der Waals surface area contributed by atoms with Crippen molar-refractivity contribution in [2.75, 3.05) is 20.3 Å². The van der Waals surface area contributed by atoms with Gasteiger partial charge in [-0.1, -0.05) is 35.9 Å². The number of ether oxygens (including phenoxy) is 3. The van der Waals surface area contributed by atoms with Crippen LogP contribution in [-0.2, 0) is 20.9 Å². The molecule has 2 aromatic rings. The Morgan fingerprint density at radius 1 is 1.06 bits per heavy atom. The van der Waals surface area contributed by atoms with Crippen molar-refractivity contribution in [2.24, 2.45) is 0 Å². The minimum Gasteiger partial charge on any atom is -0.490 e. The number of imide groups is 1. The van der Waals surface area contributed by atoms with E-state index in [1.54, 1.807) is 24.3 Å². The molecule has 1 heterocycles. The summed E-state index contributed by atoms with van der Waals surface area (Å²) in [6, 6.07) is 12.8. The molecule has 1 fully saturated rings. The number of carbonyl (C=O) groups is 3. The highest BCUT2D eigenvalue weighted by Gasteiger charge is 2.35. The molecular formula is C23H23NO6S. The standard InChI is InChI=1S/C23H23NO6S/c1-4-29-19-11-17(9-10-18(19)30-14-21(25)28-3)12-20-22(26)24(23(27)31-20)13-16-7-5-15(2)6-8-16/h5-12H,4,13-14H2,1-3H3/b20-12-. The van der Waals surface area contributed by atoms with Gasteiger partial charge in [0.05, 0.1) is 25.2 Å². The van der Waals surface area contributed by atoms with E-state index in [0.29, 0.717) is 28.6 Å². The lowest BCUT2D eigenvalue weighted by Gasteiger charge is -2.13. The average Bonchev–Trinajstić information content (AvgIpc) is 3.02. The summed E-state index contributed by atoms with van der Waals surface area (Å²) < 4.78 is 15.6. The number of esters is 1. The van der Waals surface area contributed by atoms with E-state index in [4.69, 9.17) is 9.47 Å². The number of hydrogen-bond acceptors (Lipinski definition) is 7. The number of benzene rings is 2. The normalized spacial score (nSPS) is 14.8. The molecule has 0 radical (unpaired) electrons. The predicted octanol–water partition coefficient (Wildman–Crippen LogP) is 4.18. The molecule has 7 nitrogen and oxygen atoms in total. The molecule has 1 aliphatic rings. The highest BCUT2D eigenvalue weighted by atomic mass is 32.2. The van der Waals surface area contributed by atoms with E-state index in [2.05, 4.69) is 4.74 Å². The highest BCUT2D eigenvalue weighted by Crippen LogP contribution is 2.35. The smallest absolute Gasteiger partial charge is 0.343 e. The molecule has 0 N–H and O–H groups in total. The number of amides is 2. The van der Waals surface area contributed by atoms with Crippen molar-refractivity contribution in [3.05, 3.63) is 64.1 Å². The maximum Gasteiger partial charge on any atom is 0.343 e. The van der Waals surface area contributed by atoms with Gasteiger partial charge in [0.1, 0.15) is 0 Å². The Bertz CT molecular complexity index is 1020. The van der Waals surface area contributed by atoms with Crippen LogP contribution in [0.2, 0.25) is 0 Å². The van der Waals surface area contributed by atoms with Gasteiger partial charge >= 0.3 is 5.97 Å². The third kappa shape index (κ3) is 5.67. The van der Waals surface area contributed by atoms with Crippen molar-refractivity contribution in [2.45, 2.75) is 20.4 Å². The number of aryl methyl sites for hydroxylation is 1. The monoisotopic (exact) mass is 441 g/mol. The van der Waals surface area contributed by atoms with E-state index >= 15 is 0 Å². The van der Waals surface area contributed by atoms with Gasteiger partial charge in [-0.3, -0.25) is 14.5 Å². The molecule has 162 valence electrons. The molecule has 2 aromatic carbocycles. The summed E-state index contributed by atoms with van der Waals surface area (Å²) in [6.45, 7) is 4.19. The predicted molar refractivity (Wildman–Crippen MR) is 118 cm³/mol. The zero-order valence-electron chi connectivity index (χ0n) is 17.5. The Hall–Kier alpha value is -3.26. The zero-order chi connectivity index (χ0) is 22.4. The van der Waals surface area contributed by atoms with E-state index in [0.717, 1.165) is 22.9 Å². The summed E-state index contributed by atoms with van der Waals surface area (Å²) in [6.07, 6.45) is 1.65. The quantitative estimate of drug-likeness (QED) is 0.449. The molecule has 0 aromatic heterocycles. The first-order valence-electron chi connectivity index (χ1n) is 9.68. The highest BCUT2D eigenvalue weighted by molar-refractivity contribution is 8.18. The van der Waals surface area contributed by atoms with Crippen LogP contribution in [0.4, 0.5) is 4.79 Å². The summed E-state index contributed by atoms with van der Waals surface area (Å²) >= 11 is 0.905. The Balaban J connectivity index is 1.77. The molecule has 1 aliphatic heterocycles. The van der Waals surface area contributed by atoms with E-state index in [-0.39, 0.29) is 24.3 Å². The van der Waals surface area contributed by atoms with E-state index in [9.17, 15) is 14.4 Å². The van der Waals surface area contributed by atoms with Crippen LogP contribution in [-0.4, -0.2) is 42.3 Å². The van der Waals surface area contributed by atoms with Crippen molar-refractivity contribution >= 4 is 35.0 Å². The van der Waals surface area contributed by atoms with Crippen LogP contribution in [0.5, 0.6) is 11.5 Å². The van der Waals surface area contributed by atoms with Crippen LogP contribution >= 0.6 is 11.8 Å². The number of thioether (sulfide) groups is 1. The van der Waals surface area contributed by atoms with Crippen LogP contribution < -0.4 is 9.47 Å². The summed E-state index contributed by atoms with van der Waals surface area (Å²) in [7, 11) is 1.28. The van der Waals surface area contributed by atoms with E-state index in [1.807, 2.05) is 38.1 Å². The van der Waals surface area contributed by atoms with Crippen LogP contribution in [0.25, 0.3) is 6.08 Å². The second-order valence-corrected chi connectivity index (χ2v) is 7.75. The lowest BCUT2D eigenvalue weighted by Crippen LogP contribution is -2.27. The van der Waals surface area contributed by atoms with Gasteiger partial charge in [0, 0.05) is 0 Å². The Labute approximate surface area is 185 Å². The van der Waals surface area contributed by atoms with Crippen LogP contribution in [0.3, 0.4) is 0 Å².